The van der Waals surface area contributed by atoms with Crippen LogP contribution in [-0.4, -0.2) is 24.3 Å². The van der Waals surface area contributed by atoms with E-state index in [1.165, 1.54) is 0 Å². The first kappa shape index (κ1) is 13.3. The standard InChI is InChI=1S/C10H20F2N2/c1-5-6-9(13-7-8(11)12)14-10(2,3)4/h8H,5-7H2,1-4H3,(H,13,14). The first-order valence-corrected chi connectivity index (χ1v) is 4.95. The zero-order valence-electron chi connectivity index (χ0n) is 9.40. The fourth-order valence-electron chi connectivity index (χ4n) is 1.03. The van der Waals surface area contributed by atoms with E-state index >= 15 is 0 Å². The molecule has 0 heterocycles. The lowest BCUT2D eigenvalue weighted by atomic mass is 10.1. The van der Waals surface area contributed by atoms with Gasteiger partial charge in [-0.15, -0.1) is 0 Å². The Morgan fingerprint density at radius 3 is 2.29 bits per heavy atom. The van der Waals surface area contributed by atoms with E-state index in [0.717, 1.165) is 12.8 Å². The van der Waals surface area contributed by atoms with Gasteiger partial charge in [0, 0.05) is 12.0 Å². The minimum atomic E-state index is -2.36. The van der Waals surface area contributed by atoms with Crippen LogP contribution in [0.4, 0.5) is 8.78 Å². The second kappa shape index (κ2) is 5.94. The molecule has 1 N–H and O–H groups in total. The van der Waals surface area contributed by atoms with E-state index in [1.54, 1.807) is 0 Å². The molecule has 84 valence electrons. The molecule has 0 aromatic rings. The number of hydrogen-bond donors (Lipinski definition) is 1. The highest BCUT2D eigenvalue weighted by molar-refractivity contribution is 5.82. The lowest BCUT2D eigenvalue weighted by molar-refractivity contribution is 0.158. The summed E-state index contributed by atoms with van der Waals surface area (Å²) in [5, 5.41) is 3.13. The van der Waals surface area contributed by atoms with Gasteiger partial charge in [-0.25, -0.2) is 8.78 Å². The number of alkyl halides is 2. The molecule has 0 fully saturated rings. The molecule has 0 unspecified atom stereocenters. The Morgan fingerprint density at radius 2 is 1.93 bits per heavy atom. The van der Waals surface area contributed by atoms with Crippen LogP contribution < -0.4 is 5.32 Å². The average molecular weight is 206 g/mol. The van der Waals surface area contributed by atoms with E-state index < -0.39 is 13.0 Å². The highest BCUT2D eigenvalue weighted by Gasteiger charge is 2.12. The summed E-state index contributed by atoms with van der Waals surface area (Å²) >= 11 is 0. The Kier molecular flexibility index (Phi) is 5.65. The predicted molar refractivity (Wildman–Crippen MR) is 56.1 cm³/mol. The van der Waals surface area contributed by atoms with Crippen molar-refractivity contribution in [2.24, 2.45) is 4.99 Å². The van der Waals surface area contributed by atoms with Crippen molar-refractivity contribution in [1.82, 2.24) is 5.32 Å². The molecule has 2 nitrogen and oxygen atoms in total. The molecule has 0 amide bonds. The fraction of sp³-hybridized carbons (Fsp3) is 0.900. The highest BCUT2D eigenvalue weighted by atomic mass is 19.3. The summed E-state index contributed by atoms with van der Waals surface area (Å²) in [5.41, 5.74) is -0.115. The summed E-state index contributed by atoms with van der Waals surface area (Å²) in [7, 11) is 0. The Bertz CT molecular complexity index is 183. The number of amidine groups is 1. The summed E-state index contributed by atoms with van der Waals surface area (Å²) in [6, 6.07) is 0. The Hall–Kier alpha value is -0.670. The molecule has 0 aromatic carbocycles. The number of rotatable bonds is 4. The Balaban J connectivity index is 4.21. The van der Waals surface area contributed by atoms with E-state index in [1.807, 2.05) is 27.7 Å². The van der Waals surface area contributed by atoms with E-state index in [0.29, 0.717) is 5.84 Å². The molecule has 0 saturated heterocycles. The Labute approximate surface area is 84.8 Å². The molecule has 4 heteroatoms. The first-order chi connectivity index (χ1) is 6.35. The van der Waals surface area contributed by atoms with Crippen LogP contribution in [0.25, 0.3) is 0 Å². The van der Waals surface area contributed by atoms with Crippen molar-refractivity contribution in [3.63, 3.8) is 0 Å². The molecule has 0 rings (SSSR count). The van der Waals surface area contributed by atoms with Crippen LogP contribution in [0.3, 0.4) is 0 Å². The van der Waals surface area contributed by atoms with E-state index in [2.05, 4.69) is 10.3 Å². The molecule has 0 aliphatic rings. The van der Waals surface area contributed by atoms with Gasteiger partial charge in [-0.05, 0) is 27.2 Å². The van der Waals surface area contributed by atoms with Crippen molar-refractivity contribution in [1.29, 1.82) is 0 Å². The van der Waals surface area contributed by atoms with Gasteiger partial charge in [-0.3, -0.25) is 4.99 Å². The van der Waals surface area contributed by atoms with Gasteiger partial charge in [-0.2, -0.15) is 0 Å². The number of hydrogen-bond acceptors (Lipinski definition) is 1. The molecular formula is C10H20F2N2. The van der Waals surface area contributed by atoms with Crippen molar-refractivity contribution in [2.75, 3.05) is 6.54 Å². The second-order valence-corrected chi connectivity index (χ2v) is 4.30. The molecule has 0 bridgehead atoms. The van der Waals surface area contributed by atoms with Gasteiger partial charge in [0.2, 0.25) is 0 Å². The van der Waals surface area contributed by atoms with Gasteiger partial charge >= 0.3 is 0 Å². The largest absolute Gasteiger partial charge is 0.369 e. The fourth-order valence-corrected chi connectivity index (χ4v) is 1.03. The third-order valence-electron chi connectivity index (χ3n) is 1.43. The molecule has 0 aliphatic carbocycles. The lowest BCUT2D eigenvalue weighted by Crippen LogP contribution is -2.40. The van der Waals surface area contributed by atoms with Crippen LogP contribution in [-0.2, 0) is 0 Å². The average Bonchev–Trinajstić information content (AvgIpc) is 1.98. The molecular weight excluding hydrogens is 186 g/mol. The lowest BCUT2D eigenvalue weighted by Gasteiger charge is -2.23. The molecule has 0 aliphatic heterocycles. The quantitative estimate of drug-likeness (QED) is 0.555. The molecule has 0 aromatic heterocycles. The van der Waals surface area contributed by atoms with Gasteiger partial charge in [0.1, 0.15) is 6.54 Å². The smallest absolute Gasteiger partial charge is 0.257 e. The molecule has 0 atom stereocenters. The van der Waals surface area contributed by atoms with Crippen molar-refractivity contribution >= 4 is 5.84 Å². The summed E-state index contributed by atoms with van der Waals surface area (Å²) in [4.78, 5) is 3.85. The zero-order valence-corrected chi connectivity index (χ0v) is 9.40. The third-order valence-corrected chi connectivity index (χ3v) is 1.43. The molecule has 0 saturated carbocycles. The van der Waals surface area contributed by atoms with Gasteiger partial charge < -0.3 is 5.32 Å². The van der Waals surface area contributed by atoms with Crippen molar-refractivity contribution in [2.45, 2.75) is 52.5 Å². The van der Waals surface area contributed by atoms with Crippen molar-refractivity contribution in [3.8, 4) is 0 Å². The summed E-state index contributed by atoms with van der Waals surface area (Å²) in [6.45, 7) is 7.56. The van der Waals surface area contributed by atoms with E-state index in [-0.39, 0.29) is 5.54 Å². The number of nitrogens with zero attached hydrogens (tertiary/aromatic N) is 1. The van der Waals surface area contributed by atoms with E-state index in [9.17, 15) is 8.78 Å². The van der Waals surface area contributed by atoms with Gasteiger partial charge in [0.05, 0.1) is 5.84 Å². The van der Waals surface area contributed by atoms with Crippen LogP contribution in [0.2, 0.25) is 0 Å². The number of nitrogens with one attached hydrogen (secondary N) is 1. The van der Waals surface area contributed by atoms with Crippen LogP contribution >= 0.6 is 0 Å². The topological polar surface area (TPSA) is 24.4 Å². The van der Waals surface area contributed by atoms with E-state index in [4.69, 9.17) is 0 Å². The van der Waals surface area contributed by atoms with Crippen LogP contribution in [0.5, 0.6) is 0 Å². The summed E-state index contributed by atoms with van der Waals surface area (Å²) in [5.74, 6) is 0.681. The minimum absolute atomic E-state index is 0.115. The highest BCUT2D eigenvalue weighted by Crippen LogP contribution is 2.03. The normalized spacial score (nSPS) is 13.5. The summed E-state index contributed by atoms with van der Waals surface area (Å²) < 4.78 is 23.9. The second-order valence-electron chi connectivity index (χ2n) is 4.30. The predicted octanol–water partition coefficient (Wildman–Crippen LogP) is 2.84. The van der Waals surface area contributed by atoms with Crippen LogP contribution in [0.1, 0.15) is 40.5 Å². The van der Waals surface area contributed by atoms with Crippen molar-refractivity contribution < 1.29 is 8.78 Å². The van der Waals surface area contributed by atoms with Gasteiger partial charge in [0.25, 0.3) is 6.43 Å². The van der Waals surface area contributed by atoms with Crippen LogP contribution in [0.15, 0.2) is 4.99 Å². The minimum Gasteiger partial charge on any atom is -0.369 e. The van der Waals surface area contributed by atoms with Crippen molar-refractivity contribution in [3.05, 3.63) is 0 Å². The maximum absolute atomic E-state index is 11.9. The van der Waals surface area contributed by atoms with Gasteiger partial charge in [0.15, 0.2) is 0 Å². The summed E-state index contributed by atoms with van der Waals surface area (Å²) in [6.07, 6.45) is -0.724. The Morgan fingerprint density at radius 1 is 1.36 bits per heavy atom. The zero-order chi connectivity index (χ0) is 11.2. The number of halogens is 2. The number of aliphatic imine (C=N–C) groups is 1. The third kappa shape index (κ3) is 7.95. The molecule has 0 radical (unpaired) electrons. The van der Waals surface area contributed by atoms with Crippen LogP contribution in [0, 0.1) is 0 Å². The molecule has 14 heavy (non-hydrogen) atoms. The molecule has 0 spiro atoms. The maximum atomic E-state index is 11.9. The SMILES string of the molecule is CCCC(=NCC(F)F)NC(C)(C)C. The maximum Gasteiger partial charge on any atom is 0.257 e. The van der Waals surface area contributed by atoms with Gasteiger partial charge in [-0.1, -0.05) is 6.92 Å². The first-order valence-electron chi connectivity index (χ1n) is 4.95. The monoisotopic (exact) mass is 206 g/mol.